The van der Waals surface area contributed by atoms with Crippen LogP contribution in [-0.4, -0.2) is 92.5 Å². The van der Waals surface area contributed by atoms with E-state index in [0.717, 1.165) is 44.4 Å². The van der Waals surface area contributed by atoms with Crippen LogP contribution in [0.25, 0.3) is 0 Å². The zero-order chi connectivity index (χ0) is 32.7. The van der Waals surface area contributed by atoms with Crippen LogP contribution in [0.2, 0.25) is 0 Å². The molecular weight excluding hydrogens is 564 g/mol. The van der Waals surface area contributed by atoms with Crippen molar-refractivity contribution in [1.82, 2.24) is 0 Å². The minimum Gasteiger partial charge on any atom is -0.394 e. The second-order valence-corrected chi connectivity index (χ2v) is 13.2. The van der Waals surface area contributed by atoms with E-state index < -0.39 is 61.2 Å². The average Bonchev–Trinajstić information content (AvgIpc) is 3.00. The molecule has 0 aromatic heterocycles. The molecule has 8 atom stereocenters. The number of Topliss-reactive ketones (excluding diaryl/α,β-unsaturated/α-hetero) is 1. The highest BCUT2D eigenvalue weighted by molar-refractivity contribution is 5.86. The minimum atomic E-state index is -1.62. The van der Waals surface area contributed by atoms with Gasteiger partial charge in [0.1, 0.15) is 30.5 Å². The SMILES string of the molecule is CCCCCCCCC/C=C/[C@@H](O)[C@H](CO[C@@H]1O[C@H](CO)[C@H](O)[C@H](O)[C@H]1O)C(=O)[C@H](O)CCCCCCCCCCC(C)C. The van der Waals surface area contributed by atoms with E-state index in [-0.39, 0.29) is 13.0 Å². The van der Waals surface area contributed by atoms with E-state index in [9.17, 15) is 35.4 Å². The van der Waals surface area contributed by atoms with Crippen LogP contribution in [0.5, 0.6) is 0 Å². The normalized spacial score (nSPS) is 24.6. The van der Waals surface area contributed by atoms with Crippen LogP contribution in [0.3, 0.4) is 0 Å². The Kier molecular flexibility index (Phi) is 23.6. The van der Waals surface area contributed by atoms with Crippen molar-refractivity contribution in [1.29, 1.82) is 0 Å². The molecule has 1 fully saturated rings. The van der Waals surface area contributed by atoms with E-state index in [4.69, 9.17) is 9.47 Å². The molecular formula is C35H66O9. The van der Waals surface area contributed by atoms with Crippen LogP contribution in [0, 0.1) is 11.8 Å². The second kappa shape index (κ2) is 25.2. The summed E-state index contributed by atoms with van der Waals surface area (Å²) in [7, 11) is 0. The first-order valence-corrected chi connectivity index (χ1v) is 17.6. The standard InChI is InChI=1S/C35H66O9/c1-4-5-6-7-8-9-13-16-19-22-28(37)27(25-43-35-34(42)33(41)32(40)30(24-36)44-35)31(39)29(38)23-20-17-14-11-10-12-15-18-21-26(2)3/h19,22,26-30,32-38,40-42H,4-18,20-21,23-25H2,1-3H3/b22-19+/t27-,28+,29+,30+,32-,33-,34+,35+/m0/s1. The highest BCUT2D eigenvalue weighted by atomic mass is 16.7. The molecule has 1 aliphatic heterocycles. The van der Waals surface area contributed by atoms with Crippen molar-refractivity contribution in [2.45, 2.75) is 179 Å². The summed E-state index contributed by atoms with van der Waals surface area (Å²) in [4.78, 5) is 13.3. The zero-order valence-corrected chi connectivity index (χ0v) is 27.9. The predicted molar refractivity (Wildman–Crippen MR) is 173 cm³/mol. The van der Waals surface area contributed by atoms with Gasteiger partial charge in [-0.1, -0.05) is 129 Å². The smallest absolute Gasteiger partial charge is 0.186 e. The fourth-order valence-electron chi connectivity index (χ4n) is 5.68. The van der Waals surface area contributed by atoms with Gasteiger partial charge in [0.25, 0.3) is 0 Å². The molecule has 0 unspecified atom stereocenters. The van der Waals surface area contributed by atoms with Crippen LogP contribution >= 0.6 is 0 Å². The summed E-state index contributed by atoms with van der Waals surface area (Å²) in [5.74, 6) is -0.906. The summed E-state index contributed by atoms with van der Waals surface area (Å²) >= 11 is 0. The van der Waals surface area contributed by atoms with Crippen LogP contribution < -0.4 is 0 Å². The van der Waals surface area contributed by atoms with Crippen molar-refractivity contribution in [2.24, 2.45) is 11.8 Å². The number of ketones is 1. The number of carbonyl (C=O) groups is 1. The van der Waals surface area contributed by atoms with Gasteiger partial charge in [0.2, 0.25) is 0 Å². The molecule has 1 aliphatic rings. The van der Waals surface area contributed by atoms with Crippen LogP contribution in [0.15, 0.2) is 12.2 Å². The van der Waals surface area contributed by atoms with Gasteiger partial charge in [0.05, 0.1) is 25.2 Å². The summed E-state index contributed by atoms with van der Waals surface area (Å²) in [6.45, 7) is 5.72. The van der Waals surface area contributed by atoms with Gasteiger partial charge < -0.3 is 40.1 Å². The van der Waals surface area contributed by atoms with Crippen LogP contribution in [-0.2, 0) is 14.3 Å². The van der Waals surface area contributed by atoms with Crippen molar-refractivity contribution >= 4 is 5.78 Å². The number of hydrogen-bond donors (Lipinski definition) is 6. The van der Waals surface area contributed by atoms with Gasteiger partial charge >= 0.3 is 0 Å². The molecule has 0 radical (unpaired) electrons. The van der Waals surface area contributed by atoms with Gasteiger partial charge in [-0.15, -0.1) is 0 Å². The Morgan fingerprint density at radius 2 is 1.32 bits per heavy atom. The molecule has 9 heteroatoms. The topological polar surface area (TPSA) is 157 Å². The number of aliphatic hydroxyl groups excluding tert-OH is 6. The Hall–Kier alpha value is -0.910. The summed E-state index contributed by atoms with van der Waals surface area (Å²) in [5.41, 5.74) is 0. The molecule has 0 aliphatic carbocycles. The van der Waals surface area contributed by atoms with Crippen molar-refractivity contribution in [3.63, 3.8) is 0 Å². The Morgan fingerprint density at radius 1 is 0.773 bits per heavy atom. The number of rotatable bonds is 27. The fourth-order valence-corrected chi connectivity index (χ4v) is 5.68. The summed E-state index contributed by atoms with van der Waals surface area (Å²) in [6, 6.07) is 0. The number of aliphatic hydroxyl groups is 6. The third-order valence-corrected chi connectivity index (χ3v) is 8.71. The highest BCUT2D eigenvalue weighted by Crippen LogP contribution is 2.24. The molecule has 9 nitrogen and oxygen atoms in total. The third kappa shape index (κ3) is 17.1. The van der Waals surface area contributed by atoms with E-state index in [1.807, 2.05) is 6.08 Å². The van der Waals surface area contributed by atoms with Gasteiger partial charge in [-0.25, -0.2) is 0 Å². The van der Waals surface area contributed by atoms with Gasteiger partial charge in [-0.3, -0.25) is 4.79 Å². The van der Waals surface area contributed by atoms with Gasteiger partial charge in [0, 0.05) is 0 Å². The third-order valence-electron chi connectivity index (χ3n) is 8.71. The summed E-state index contributed by atoms with van der Waals surface area (Å²) < 4.78 is 11.0. The molecule has 6 N–H and O–H groups in total. The molecule has 0 bridgehead atoms. The summed E-state index contributed by atoms with van der Waals surface area (Å²) in [5, 5.41) is 61.6. The Balaban J connectivity index is 2.61. The molecule has 0 aromatic carbocycles. The first-order chi connectivity index (χ1) is 21.1. The Morgan fingerprint density at radius 3 is 1.89 bits per heavy atom. The van der Waals surface area contributed by atoms with Crippen LogP contribution in [0.4, 0.5) is 0 Å². The monoisotopic (exact) mass is 630 g/mol. The lowest BCUT2D eigenvalue weighted by Gasteiger charge is -2.40. The van der Waals surface area contributed by atoms with Gasteiger partial charge in [-0.05, 0) is 25.2 Å². The van der Waals surface area contributed by atoms with E-state index in [1.54, 1.807) is 6.08 Å². The number of carbonyl (C=O) groups excluding carboxylic acids is 1. The quantitative estimate of drug-likeness (QED) is 0.0545. The van der Waals surface area contributed by atoms with Crippen molar-refractivity contribution in [3.05, 3.63) is 12.2 Å². The van der Waals surface area contributed by atoms with E-state index in [1.165, 1.54) is 64.2 Å². The molecule has 0 aromatic rings. The van der Waals surface area contributed by atoms with Crippen molar-refractivity contribution in [3.8, 4) is 0 Å². The largest absolute Gasteiger partial charge is 0.394 e. The lowest BCUT2D eigenvalue weighted by atomic mass is 9.91. The molecule has 0 spiro atoms. The maximum Gasteiger partial charge on any atom is 0.186 e. The number of hydrogen-bond acceptors (Lipinski definition) is 9. The number of ether oxygens (including phenoxy) is 2. The molecule has 1 rings (SSSR count). The molecule has 1 saturated heterocycles. The van der Waals surface area contributed by atoms with Gasteiger partial charge in [0.15, 0.2) is 12.1 Å². The zero-order valence-electron chi connectivity index (χ0n) is 27.9. The molecule has 0 amide bonds. The van der Waals surface area contributed by atoms with Crippen molar-refractivity contribution in [2.75, 3.05) is 13.2 Å². The van der Waals surface area contributed by atoms with E-state index >= 15 is 0 Å². The lowest BCUT2D eigenvalue weighted by Crippen LogP contribution is -2.59. The molecule has 44 heavy (non-hydrogen) atoms. The Bertz CT molecular complexity index is 729. The maximum absolute atomic E-state index is 13.3. The average molecular weight is 631 g/mol. The minimum absolute atomic E-state index is 0.290. The molecule has 0 saturated carbocycles. The fraction of sp³-hybridized carbons (Fsp3) is 0.914. The highest BCUT2D eigenvalue weighted by Gasteiger charge is 2.44. The lowest BCUT2D eigenvalue weighted by molar-refractivity contribution is -0.303. The first-order valence-electron chi connectivity index (χ1n) is 17.6. The molecule has 260 valence electrons. The van der Waals surface area contributed by atoms with Crippen LogP contribution in [0.1, 0.15) is 136 Å². The second-order valence-electron chi connectivity index (χ2n) is 13.2. The number of allylic oxidation sites excluding steroid dienone is 1. The van der Waals surface area contributed by atoms with E-state index in [2.05, 4.69) is 20.8 Å². The number of unbranched alkanes of at least 4 members (excludes halogenated alkanes) is 14. The van der Waals surface area contributed by atoms with Gasteiger partial charge in [-0.2, -0.15) is 0 Å². The summed E-state index contributed by atoms with van der Waals surface area (Å²) in [6.07, 6.45) is 13.0. The molecule has 1 heterocycles. The Labute approximate surface area is 267 Å². The predicted octanol–water partition coefficient (Wildman–Crippen LogP) is 4.96. The van der Waals surface area contributed by atoms with Crippen molar-refractivity contribution < 1.29 is 44.9 Å². The maximum atomic E-state index is 13.3. The van der Waals surface area contributed by atoms with E-state index in [0.29, 0.717) is 6.42 Å². The first kappa shape index (κ1) is 41.1.